The van der Waals surface area contributed by atoms with Crippen LogP contribution in [-0.2, 0) is 11.2 Å². The van der Waals surface area contributed by atoms with Crippen molar-refractivity contribution < 1.29 is 19.1 Å². The minimum absolute atomic E-state index is 0.158. The average molecular weight is 404 g/mol. The Balaban J connectivity index is 1.60. The van der Waals surface area contributed by atoms with Crippen molar-refractivity contribution in [3.8, 4) is 11.5 Å². The van der Waals surface area contributed by atoms with Gasteiger partial charge >= 0.3 is 0 Å². The first-order valence-corrected chi connectivity index (χ1v) is 9.47. The highest BCUT2D eigenvalue weighted by atomic mass is 16.5. The topological polar surface area (TPSA) is 76.7 Å². The summed E-state index contributed by atoms with van der Waals surface area (Å²) in [5, 5.41) is 5.67. The lowest BCUT2D eigenvalue weighted by Gasteiger charge is -2.11. The van der Waals surface area contributed by atoms with Gasteiger partial charge in [-0.25, -0.2) is 0 Å². The first-order valence-electron chi connectivity index (χ1n) is 9.47. The summed E-state index contributed by atoms with van der Waals surface area (Å²) in [6.45, 7) is 1.97. The molecule has 6 nitrogen and oxygen atoms in total. The van der Waals surface area contributed by atoms with E-state index < -0.39 is 0 Å². The van der Waals surface area contributed by atoms with Gasteiger partial charge in [-0.15, -0.1) is 0 Å². The van der Waals surface area contributed by atoms with Gasteiger partial charge in [0.1, 0.15) is 11.5 Å². The molecule has 0 radical (unpaired) electrons. The van der Waals surface area contributed by atoms with Gasteiger partial charge in [0.15, 0.2) is 0 Å². The SMILES string of the molecule is COc1ccc(NC(=O)c2ccc(NC(=O)Cc3cc(C)ccc3OC)cc2)cc1. The predicted molar refractivity (Wildman–Crippen MR) is 117 cm³/mol. The summed E-state index contributed by atoms with van der Waals surface area (Å²) in [5.74, 6) is 1.01. The van der Waals surface area contributed by atoms with E-state index in [1.54, 1.807) is 62.8 Å². The second-order valence-corrected chi connectivity index (χ2v) is 6.80. The third kappa shape index (κ3) is 5.38. The minimum Gasteiger partial charge on any atom is -0.497 e. The summed E-state index contributed by atoms with van der Waals surface area (Å²) in [4.78, 5) is 24.8. The van der Waals surface area contributed by atoms with Crippen LogP contribution in [0, 0.1) is 6.92 Å². The maximum absolute atomic E-state index is 12.4. The van der Waals surface area contributed by atoms with Crippen LogP contribution in [0.25, 0.3) is 0 Å². The number of carbonyl (C=O) groups is 2. The lowest BCUT2D eigenvalue weighted by Crippen LogP contribution is -2.15. The Labute approximate surface area is 175 Å². The lowest BCUT2D eigenvalue weighted by atomic mass is 10.1. The summed E-state index contributed by atoms with van der Waals surface area (Å²) in [6.07, 6.45) is 0.199. The molecule has 0 fully saturated rings. The number of amides is 2. The molecule has 0 aromatic heterocycles. The molecule has 0 bridgehead atoms. The first kappa shape index (κ1) is 20.9. The minimum atomic E-state index is -0.234. The largest absolute Gasteiger partial charge is 0.497 e. The van der Waals surface area contributed by atoms with Gasteiger partial charge in [0.2, 0.25) is 5.91 Å². The number of hydrogen-bond acceptors (Lipinski definition) is 4. The number of methoxy groups -OCH3 is 2. The molecule has 0 atom stereocenters. The van der Waals surface area contributed by atoms with E-state index in [-0.39, 0.29) is 18.2 Å². The molecule has 154 valence electrons. The monoisotopic (exact) mass is 404 g/mol. The Morgan fingerprint density at radius 3 is 2.07 bits per heavy atom. The van der Waals surface area contributed by atoms with E-state index in [1.165, 1.54) is 0 Å². The van der Waals surface area contributed by atoms with Crippen molar-refractivity contribution >= 4 is 23.2 Å². The third-order valence-corrected chi connectivity index (χ3v) is 4.57. The highest BCUT2D eigenvalue weighted by Crippen LogP contribution is 2.21. The van der Waals surface area contributed by atoms with Crippen molar-refractivity contribution in [1.29, 1.82) is 0 Å². The third-order valence-electron chi connectivity index (χ3n) is 4.57. The number of nitrogens with one attached hydrogen (secondary N) is 2. The molecule has 0 heterocycles. The summed E-state index contributed by atoms with van der Waals surface area (Å²) in [5.41, 5.74) is 3.67. The van der Waals surface area contributed by atoms with Gasteiger partial charge in [0.25, 0.3) is 5.91 Å². The smallest absolute Gasteiger partial charge is 0.255 e. The summed E-state index contributed by atoms with van der Waals surface area (Å²) < 4.78 is 10.4. The summed E-state index contributed by atoms with van der Waals surface area (Å²) in [6, 6.07) is 19.6. The van der Waals surface area contributed by atoms with Gasteiger partial charge in [-0.1, -0.05) is 17.7 Å². The zero-order valence-corrected chi connectivity index (χ0v) is 17.2. The van der Waals surface area contributed by atoms with Crippen LogP contribution >= 0.6 is 0 Å². The van der Waals surface area contributed by atoms with Crippen LogP contribution in [0.15, 0.2) is 66.7 Å². The van der Waals surface area contributed by atoms with Crippen molar-refractivity contribution in [1.82, 2.24) is 0 Å². The Morgan fingerprint density at radius 1 is 0.800 bits per heavy atom. The van der Waals surface area contributed by atoms with Crippen LogP contribution in [-0.4, -0.2) is 26.0 Å². The number of benzene rings is 3. The van der Waals surface area contributed by atoms with E-state index in [9.17, 15) is 9.59 Å². The fourth-order valence-electron chi connectivity index (χ4n) is 3.01. The zero-order chi connectivity index (χ0) is 21.5. The van der Waals surface area contributed by atoms with E-state index in [4.69, 9.17) is 9.47 Å². The van der Waals surface area contributed by atoms with Crippen LogP contribution in [0.3, 0.4) is 0 Å². The molecule has 0 saturated carbocycles. The highest BCUT2D eigenvalue weighted by Gasteiger charge is 2.11. The second kappa shape index (κ2) is 9.60. The Hall–Kier alpha value is -3.80. The zero-order valence-electron chi connectivity index (χ0n) is 17.2. The van der Waals surface area contributed by atoms with Crippen molar-refractivity contribution in [3.63, 3.8) is 0 Å². The normalized spacial score (nSPS) is 10.2. The molecule has 3 aromatic rings. The standard InChI is InChI=1S/C24H24N2O4/c1-16-4-13-22(30-3)18(14-16)15-23(27)25-19-7-5-17(6-8-19)24(28)26-20-9-11-21(29-2)12-10-20/h4-14H,15H2,1-3H3,(H,25,27)(H,26,28). The molecule has 0 aliphatic rings. The number of hydrogen-bond donors (Lipinski definition) is 2. The Morgan fingerprint density at radius 2 is 1.43 bits per heavy atom. The number of aryl methyl sites for hydroxylation is 1. The number of carbonyl (C=O) groups excluding carboxylic acids is 2. The fourth-order valence-corrected chi connectivity index (χ4v) is 3.01. The van der Waals surface area contributed by atoms with Crippen LogP contribution in [0.5, 0.6) is 11.5 Å². The van der Waals surface area contributed by atoms with E-state index in [1.807, 2.05) is 25.1 Å². The van der Waals surface area contributed by atoms with Gasteiger partial charge in [0.05, 0.1) is 20.6 Å². The molecular formula is C24H24N2O4. The molecule has 0 aliphatic carbocycles. The van der Waals surface area contributed by atoms with Crippen LogP contribution in [0.4, 0.5) is 11.4 Å². The number of ether oxygens (including phenoxy) is 2. The van der Waals surface area contributed by atoms with Crippen molar-refractivity contribution in [2.45, 2.75) is 13.3 Å². The van der Waals surface area contributed by atoms with Crippen molar-refractivity contribution in [3.05, 3.63) is 83.4 Å². The van der Waals surface area contributed by atoms with Crippen molar-refractivity contribution in [2.24, 2.45) is 0 Å². The van der Waals surface area contributed by atoms with Gasteiger partial charge in [-0.05, 0) is 61.5 Å². The first-order chi connectivity index (χ1) is 14.5. The molecule has 0 spiro atoms. The Bertz CT molecular complexity index is 1030. The predicted octanol–water partition coefficient (Wildman–Crippen LogP) is 4.45. The molecule has 0 aliphatic heterocycles. The van der Waals surface area contributed by atoms with E-state index in [0.717, 1.165) is 16.9 Å². The van der Waals surface area contributed by atoms with Crippen LogP contribution < -0.4 is 20.1 Å². The molecule has 0 unspecified atom stereocenters. The highest BCUT2D eigenvalue weighted by molar-refractivity contribution is 6.04. The molecule has 3 aromatic carbocycles. The van der Waals surface area contributed by atoms with Gasteiger partial charge in [-0.2, -0.15) is 0 Å². The molecule has 2 N–H and O–H groups in total. The van der Waals surface area contributed by atoms with Gasteiger partial charge < -0.3 is 20.1 Å². The maximum Gasteiger partial charge on any atom is 0.255 e. The molecule has 6 heteroatoms. The van der Waals surface area contributed by atoms with Crippen LogP contribution in [0.2, 0.25) is 0 Å². The molecular weight excluding hydrogens is 380 g/mol. The molecule has 2 amide bonds. The summed E-state index contributed by atoms with van der Waals surface area (Å²) >= 11 is 0. The van der Waals surface area contributed by atoms with E-state index in [2.05, 4.69) is 10.6 Å². The maximum atomic E-state index is 12.4. The second-order valence-electron chi connectivity index (χ2n) is 6.80. The molecule has 3 rings (SSSR count). The molecule has 30 heavy (non-hydrogen) atoms. The van der Waals surface area contributed by atoms with Crippen LogP contribution in [0.1, 0.15) is 21.5 Å². The fraction of sp³-hybridized carbons (Fsp3) is 0.167. The Kier molecular flexibility index (Phi) is 6.70. The van der Waals surface area contributed by atoms with Gasteiger partial charge in [-0.3, -0.25) is 9.59 Å². The number of anilines is 2. The quantitative estimate of drug-likeness (QED) is 0.610. The summed E-state index contributed by atoms with van der Waals surface area (Å²) in [7, 11) is 3.17. The lowest BCUT2D eigenvalue weighted by molar-refractivity contribution is -0.115. The van der Waals surface area contributed by atoms with Crippen molar-refractivity contribution in [2.75, 3.05) is 24.9 Å². The van der Waals surface area contributed by atoms with E-state index >= 15 is 0 Å². The number of rotatable bonds is 7. The average Bonchev–Trinajstić information content (AvgIpc) is 2.75. The molecule has 0 saturated heterocycles. The van der Waals surface area contributed by atoms with Gasteiger partial charge in [0, 0.05) is 22.5 Å². The van der Waals surface area contributed by atoms with E-state index in [0.29, 0.717) is 22.7 Å².